The van der Waals surface area contributed by atoms with Crippen molar-refractivity contribution in [2.75, 3.05) is 13.1 Å². The molecule has 2 bridgehead atoms. The van der Waals surface area contributed by atoms with Crippen LogP contribution in [0.15, 0.2) is 35.7 Å². The molecule has 1 saturated heterocycles. The average molecular weight is 383 g/mol. The molecule has 4 nitrogen and oxygen atoms in total. The van der Waals surface area contributed by atoms with Gasteiger partial charge in [-0.3, -0.25) is 4.79 Å². The summed E-state index contributed by atoms with van der Waals surface area (Å²) >= 11 is 1.63. The van der Waals surface area contributed by atoms with Crippen molar-refractivity contribution >= 4 is 23.3 Å². The number of piperidine rings is 1. The van der Waals surface area contributed by atoms with Crippen molar-refractivity contribution in [1.82, 2.24) is 9.88 Å². The molecule has 1 aromatic carbocycles. The standard InChI is InChI=1S/C22H26N2O2S/c1-16-23-20(15-27-16)14-26-21-8-5-17(6-9-21)7-10-22(25)24-12-18-3-2-4-19(11-18)13-24/h5-10,15,18-19H,2-4,11-14H2,1H3. The van der Waals surface area contributed by atoms with Gasteiger partial charge in [0.05, 0.1) is 10.7 Å². The van der Waals surface area contributed by atoms with Gasteiger partial charge in [-0.2, -0.15) is 0 Å². The summed E-state index contributed by atoms with van der Waals surface area (Å²) in [5.74, 6) is 2.39. The monoisotopic (exact) mass is 382 g/mol. The maximum Gasteiger partial charge on any atom is 0.246 e. The molecule has 142 valence electrons. The minimum absolute atomic E-state index is 0.144. The highest BCUT2D eigenvalue weighted by atomic mass is 32.1. The minimum Gasteiger partial charge on any atom is -0.487 e. The lowest BCUT2D eigenvalue weighted by Gasteiger charge is -2.41. The second-order valence-corrected chi connectivity index (χ2v) is 8.75. The van der Waals surface area contributed by atoms with Gasteiger partial charge < -0.3 is 9.64 Å². The molecule has 1 aliphatic heterocycles. The van der Waals surface area contributed by atoms with E-state index in [0.717, 1.165) is 35.1 Å². The summed E-state index contributed by atoms with van der Waals surface area (Å²) in [5, 5.41) is 3.07. The summed E-state index contributed by atoms with van der Waals surface area (Å²) in [6.45, 7) is 4.34. The van der Waals surface area contributed by atoms with E-state index in [1.54, 1.807) is 17.4 Å². The zero-order valence-electron chi connectivity index (χ0n) is 15.8. The first kappa shape index (κ1) is 18.2. The molecule has 1 aliphatic carbocycles. The highest BCUT2D eigenvalue weighted by Crippen LogP contribution is 2.34. The Kier molecular flexibility index (Phi) is 5.58. The van der Waals surface area contributed by atoms with Crippen LogP contribution in [-0.2, 0) is 11.4 Å². The van der Waals surface area contributed by atoms with Gasteiger partial charge in [-0.1, -0.05) is 18.6 Å². The predicted octanol–water partition coefficient (Wildman–Crippen LogP) is 4.69. The van der Waals surface area contributed by atoms with Gasteiger partial charge in [0.2, 0.25) is 5.91 Å². The number of aromatic nitrogens is 1. The van der Waals surface area contributed by atoms with E-state index in [9.17, 15) is 4.79 Å². The number of hydrogen-bond donors (Lipinski definition) is 0. The molecular formula is C22H26N2O2S. The van der Waals surface area contributed by atoms with Crippen LogP contribution < -0.4 is 4.74 Å². The van der Waals surface area contributed by atoms with Crippen molar-refractivity contribution in [3.8, 4) is 5.75 Å². The van der Waals surface area contributed by atoms with Crippen molar-refractivity contribution in [1.29, 1.82) is 0 Å². The number of carbonyl (C=O) groups excluding carboxylic acids is 1. The maximum absolute atomic E-state index is 12.5. The summed E-state index contributed by atoms with van der Waals surface area (Å²) in [7, 11) is 0. The molecule has 2 heterocycles. The Morgan fingerprint density at radius 1 is 1.26 bits per heavy atom. The zero-order valence-corrected chi connectivity index (χ0v) is 16.6. The number of ether oxygens (including phenoxy) is 1. The van der Waals surface area contributed by atoms with Gasteiger partial charge in [0.1, 0.15) is 12.4 Å². The third-order valence-electron chi connectivity index (χ3n) is 5.51. The van der Waals surface area contributed by atoms with E-state index in [4.69, 9.17) is 4.74 Å². The van der Waals surface area contributed by atoms with Crippen LogP contribution in [0.2, 0.25) is 0 Å². The SMILES string of the molecule is Cc1nc(COc2ccc(C=CC(=O)N3CC4CCCC(C4)C3)cc2)cs1. The first-order valence-electron chi connectivity index (χ1n) is 9.76. The number of thiazole rings is 1. The van der Waals surface area contributed by atoms with Crippen LogP contribution in [0.4, 0.5) is 0 Å². The molecule has 0 radical (unpaired) electrons. The van der Waals surface area contributed by atoms with Crippen molar-refractivity contribution in [3.63, 3.8) is 0 Å². The molecule has 27 heavy (non-hydrogen) atoms. The molecule has 5 heteroatoms. The number of aryl methyl sites for hydroxylation is 1. The quantitative estimate of drug-likeness (QED) is 0.705. The molecule has 2 unspecified atom stereocenters. The van der Waals surface area contributed by atoms with Crippen LogP contribution in [0, 0.1) is 18.8 Å². The largest absolute Gasteiger partial charge is 0.487 e. The van der Waals surface area contributed by atoms with Gasteiger partial charge in [0.25, 0.3) is 0 Å². The van der Waals surface area contributed by atoms with E-state index < -0.39 is 0 Å². The van der Waals surface area contributed by atoms with Crippen molar-refractivity contribution in [3.05, 3.63) is 52.0 Å². The fraction of sp³-hybridized carbons (Fsp3) is 0.455. The Labute approximate surface area is 164 Å². The Hall–Kier alpha value is -2.14. The lowest BCUT2D eigenvalue weighted by molar-refractivity contribution is -0.129. The van der Waals surface area contributed by atoms with E-state index in [-0.39, 0.29) is 5.91 Å². The van der Waals surface area contributed by atoms with Gasteiger partial charge in [-0.05, 0) is 61.8 Å². The van der Waals surface area contributed by atoms with E-state index in [0.29, 0.717) is 18.4 Å². The van der Waals surface area contributed by atoms with Gasteiger partial charge in [0.15, 0.2) is 0 Å². The molecule has 2 aromatic rings. The number of benzene rings is 1. The first-order valence-corrected chi connectivity index (χ1v) is 10.6. The second kappa shape index (κ2) is 8.26. The number of carbonyl (C=O) groups is 1. The van der Waals surface area contributed by atoms with Crippen LogP contribution in [0.1, 0.15) is 41.9 Å². The predicted molar refractivity (Wildman–Crippen MR) is 109 cm³/mol. The summed E-state index contributed by atoms with van der Waals surface area (Å²) in [6, 6.07) is 7.84. The summed E-state index contributed by atoms with van der Waals surface area (Å²) in [5.41, 5.74) is 1.97. The highest BCUT2D eigenvalue weighted by molar-refractivity contribution is 7.09. The Morgan fingerprint density at radius 2 is 2.00 bits per heavy atom. The molecule has 2 atom stereocenters. The molecule has 1 saturated carbocycles. The van der Waals surface area contributed by atoms with E-state index in [1.807, 2.05) is 47.5 Å². The maximum atomic E-state index is 12.5. The summed E-state index contributed by atoms with van der Waals surface area (Å²) < 4.78 is 5.77. The number of hydrogen-bond acceptors (Lipinski definition) is 4. The van der Waals surface area contributed by atoms with Crippen molar-refractivity contribution in [2.24, 2.45) is 11.8 Å². The Balaban J connectivity index is 1.30. The fourth-order valence-corrected chi connectivity index (χ4v) is 4.79. The summed E-state index contributed by atoms with van der Waals surface area (Å²) in [4.78, 5) is 19.0. The van der Waals surface area contributed by atoms with E-state index >= 15 is 0 Å². The zero-order chi connectivity index (χ0) is 18.6. The Morgan fingerprint density at radius 3 is 2.67 bits per heavy atom. The van der Waals surface area contributed by atoms with Gasteiger partial charge in [-0.25, -0.2) is 4.98 Å². The third-order valence-corrected chi connectivity index (χ3v) is 6.33. The summed E-state index contributed by atoms with van der Waals surface area (Å²) in [6.07, 6.45) is 8.84. The molecular weight excluding hydrogens is 356 g/mol. The lowest BCUT2D eigenvalue weighted by atomic mass is 9.78. The molecule has 4 rings (SSSR count). The highest BCUT2D eigenvalue weighted by Gasteiger charge is 2.31. The van der Waals surface area contributed by atoms with Crippen LogP contribution in [-0.4, -0.2) is 28.9 Å². The molecule has 0 N–H and O–H groups in total. The van der Waals surface area contributed by atoms with Gasteiger partial charge in [-0.15, -0.1) is 11.3 Å². The number of amides is 1. The molecule has 2 aliphatic rings. The van der Waals surface area contributed by atoms with Gasteiger partial charge >= 0.3 is 0 Å². The van der Waals surface area contributed by atoms with Crippen molar-refractivity contribution in [2.45, 2.75) is 39.2 Å². The van der Waals surface area contributed by atoms with Gasteiger partial charge in [0, 0.05) is 24.5 Å². The van der Waals surface area contributed by atoms with E-state index in [2.05, 4.69) is 4.98 Å². The number of likely N-dealkylation sites (tertiary alicyclic amines) is 1. The van der Waals surface area contributed by atoms with Crippen LogP contribution in [0.3, 0.4) is 0 Å². The third kappa shape index (κ3) is 4.78. The molecule has 1 amide bonds. The topological polar surface area (TPSA) is 42.4 Å². The van der Waals surface area contributed by atoms with Crippen LogP contribution in [0.25, 0.3) is 6.08 Å². The van der Waals surface area contributed by atoms with Crippen LogP contribution in [0.5, 0.6) is 5.75 Å². The van der Waals surface area contributed by atoms with Crippen molar-refractivity contribution < 1.29 is 9.53 Å². The first-order chi connectivity index (χ1) is 13.2. The number of fused-ring (bicyclic) bond motifs is 2. The smallest absolute Gasteiger partial charge is 0.246 e. The molecule has 2 fully saturated rings. The molecule has 1 aromatic heterocycles. The molecule has 0 spiro atoms. The minimum atomic E-state index is 0.144. The normalized spacial score (nSPS) is 22.2. The Bertz CT molecular complexity index is 800. The second-order valence-electron chi connectivity index (χ2n) is 7.69. The fourth-order valence-electron chi connectivity index (χ4n) is 4.19. The lowest BCUT2D eigenvalue weighted by Crippen LogP contribution is -2.45. The van der Waals surface area contributed by atoms with Crippen LogP contribution >= 0.6 is 11.3 Å². The van der Waals surface area contributed by atoms with E-state index in [1.165, 1.54) is 25.7 Å². The number of nitrogens with zero attached hydrogens (tertiary/aromatic N) is 2. The number of rotatable bonds is 5. The average Bonchev–Trinajstić information content (AvgIpc) is 3.10.